The highest BCUT2D eigenvalue weighted by molar-refractivity contribution is 5.80. The molecule has 0 atom stereocenters. The van der Waals surface area contributed by atoms with Crippen molar-refractivity contribution in [1.82, 2.24) is 15.5 Å². The first kappa shape index (κ1) is 18.1. The van der Waals surface area contributed by atoms with Gasteiger partial charge in [-0.15, -0.1) is 0 Å². The van der Waals surface area contributed by atoms with Crippen LogP contribution in [0.25, 0.3) is 0 Å². The lowest BCUT2D eigenvalue weighted by atomic mass is 10.2. The molecule has 0 aliphatic heterocycles. The quantitative estimate of drug-likeness (QED) is 0.431. The summed E-state index contributed by atoms with van der Waals surface area (Å²) in [5, 5.41) is 6.57. The third-order valence-corrected chi connectivity index (χ3v) is 3.46. The van der Waals surface area contributed by atoms with Crippen LogP contribution in [0.5, 0.6) is 0 Å². The Labute approximate surface area is 125 Å². The molecule has 4 nitrogen and oxygen atoms in total. The summed E-state index contributed by atoms with van der Waals surface area (Å²) in [7, 11) is 1.49. The van der Waals surface area contributed by atoms with Crippen molar-refractivity contribution < 1.29 is 13.2 Å². The van der Waals surface area contributed by atoms with Crippen LogP contribution in [-0.4, -0.2) is 56.3 Å². The molecule has 0 aromatic heterocycles. The van der Waals surface area contributed by atoms with Crippen LogP contribution in [0, 0.1) is 0 Å². The summed E-state index contributed by atoms with van der Waals surface area (Å²) in [6.07, 6.45) is 1.32. The fourth-order valence-electron chi connectivity index (χ4n) is 2.50. The predicted molar refractivity (Wildman–Crippen MR) is 79.5 cm³/mol. The van der Waals surface area contributed by atoms with Gasteiger partial charge in [0.05, 0.1) is 6.54 Å². The van der Waals surface area contributed by atoms with E-state index < -0.39 is 12.7 Å². The van der Waals surface area contributed by atoms with Crippen LogP contribution >= 0.6 is 0 Å². The molecule has 0 radical (unpaired) electrons. The molecular formula is C14H27F3N4. The minimum Gasteiger partial charge on any atom is -0.357 e. The van der Waals surface area contributed by atoms with E-state index in [9.17, 15) is 13.2 Å². The van der Waals surface area contributed by atoms with Gasteiger partial charge in [0.15, 0.2) is 5.96 Å². The third-order valence-electron chi connectivity index (χ3n) is 3.46. The lowest BCUT2D eigenvalue weighted by Crippen LogP contribution is -2.42. The number of hydrogen-bond acceptors (Lipinski definition) is 2. The molecule has 21 heavy (non-hydrogen) atoms. The first-order valence-corrected chi connectivity index (χ1v) is 7.71. The second kappa shape index (κ2) is 9.12. The van der Waals surface area contributed by atoms with Gasteiger partial charge in [-0.05, 0) is 39.8 Å². The SMILES string of the molecule is CCNC(=NCCCN(C)CC(F)(F)F)NC1CCCC1. The van der Waals surface area contributed by atoms with Crippen molar-refractivity contribution in [2.45, 2.75) is 51.2 Å². The van der Waals surface area contributed by atoms with Crippen molar-refractivity contribution in [3.8, 4) is 0 Å². The molecule has 1 fully saturated rings. The van der Waals surface area contributed by atoms with Gasteiger partial charge in [0.2, 0.25) is 0 Å². The van der Waals surface area contributed by atoms with E-state index in [0.717, 1.165) is 12.5 Å². The Balaban J connectivity index is 2.26. The van der Waals surface area contributed by atoms with E-state index in [0.29, 0.717) is 25.6 Å². The van der Waals surface area contributed by atoms with Crippen LogP contribution in [0.1, 0.15) is 39.0 Å². The largest absolute Gasteiger partial charge is 0.401 e. The number of alkyl halides is 3. The van der Waals surface area contributed by atoms with Crippen LogP contribution < -0.4 is 10.6 Å². The molecule has 124 valence electrons. The summed E-state index contributed by atoms with van der Waals surface area (Å²) < 4.78 is 36.5. The summed E-state index contributed by atoms with van der Waals surface area (Å²) >= 11 is 0. The zero-order chi connectivity index (χ0) is 15.7. The van der Waals surface area contributed by atoms with Crippen molar-refractivity contribution >= 4 is 5.96 Å². The maximum Gasteiger partial charge on any atom is 0.401 e. The summed E-state index contributed by atoms with van der Waals surface area (Å²) in [6, 6.07) is 0.482. The van der Waals surface area contributed by atoms with E-state index in [-0.39, 0.29) is 0 Å². The number of rotatable bonds is 7. The van der Waals surface area contributed by atoms with Crippen molar-refractivity contribution in [3.05, 3.63) is 0 Å². The standard InChI is InChI=1S/C14H27F3N4/c1-3-18-13(20-12-7-4-5-8-12)19-9-6-10-21(2)11-14(15,16)17/h12H,3-11H2,1-2H3,(H2,18,19,20). The minimum atomic E-state index is -4.13. The molecule has 0 bridgehead atoms. The first-order chi connectivity index (χ1) is 9.90. The van der Waals surface area contributed by atoms with Crippen molar-refractivity contribution in [2.75, 3.05) is 33.2 Å². The number of halogens is 3. The van der Waals surface area contributed by atoms with Gasteiger partial charge in [-0.3, -0.25) is 9.89 Å². The van der Waals surface area contributed by atoms with Crippen molar-refractivity contribution in [2.24, 2.45) is 4.99 Å². The molecular weight excluding hydrogens is 281 g/mol. The van der Waals surface area contributed by atoms with Gasteiger partial charge >= 0.3 is 6.18 Å². The molecule has 1 aliphatic rings. The number of aliphatic imine (C=N–C) groups is 1. The predicted octanol–water partition coefficient (Wildman–Crippen LogP) is 2.37. The number of nitrogens with zero attached hydrogens (tertiary/aromatic N) is 2. The van der Waals surface area contributed by atoms with Crippen LogP contribution in [-0.2, 0) is 0 Å². The van der Waals surface area contributed by atoms with E-state index in [4.69, 9.17) is 0 Å². The monoisotopic (exact) mass is 308 g/mol. The second-order valence-electron chi connectivity index (χ2n) is 5.59. The van der Waals surface area contributed by atoms with Gasteiger partial charge in [0.1, 0.15) is 0 Å². The van der Waals surface area contributed by atoms with Crippen molar-refractivity contribution in [3.63, 3.8) is 0 Å². The molecule has 0 aromatic carbocycles. The minimum absolute atomic E-state index is 0.395. The number of nitrogens with one attached hydrogen (secondary N) is 2. The number of hydrogen-bond donors (Lipinski definition) is 2. The van der Waals surface area contributed by atoms with E-state index in [1.54, 1.807) is 0 Å². The molecule has 0 spiro atoms. The third kappa shape index (κ3) is 8.80. The van der Waals surface area contributed by atoms with Gasteiger partial charge in [-0.2, -0.15) is 13.2 Å². The first-order valence-electron chi connectivity index (χ1n) is 7.71. The highest BCUT2D eigenvalue weighted by atomic mass is 19.4. The smallest absolute Gasteiger partial charge is 0.357 e. The van der Waals surface area contributed by atoms with Crippen LogP contribution in [0.3, 0.4) is 0 Å². The molecule has 1 aliphatic carbocycles. The summed E-state index contributed by atoms with van der Waals surface area (Å²) in [5.41, 5.74) is 0. The molecule has 1 saturated carbocycles. The molecule has 0 saturated heterocycles. The van der Waals surface area contributed by atoms with Crippen molar-refractivity contribution in [1.29, 1.82) is 0 Å². The van der Waals surface area contributed by atoms with E-state index in [1.165, 1.54) is 37.6 Å². The lowest BCUT2D eigenvalue weighted by molar-refractivity contribution is -0.143. The molecule has 0 aromatic rings. The summed E-state index contributed by atoms with van der Waals surface area (Å²) in [6.45, 7) is 2.85. The van der Waals surface area contributed by atoms with E-state index >= 15 is 0 Å². The Morgan fingerprint density at radius 2 is 1.95 bits per heavy atom. The van der Waals surface area contributed by atoms with Crippen LogP contribution in [0.15, 0.2) is 4.99 Å². The van der Waals surface area contributed by atoms with Gasteiger partial charge in [0, 0.05) is 19.1 Å². The maximum absolute atomic E-state index is 12.2. The Bertz CT molecular complexity index is 312. The fourth-order valence-corrected chi connectivity index (χ4v) is 2.50. The second-order valence-corrected chi connectivity index (χ2v) is 5.59. The van der Waals surface area contributed by atoms with Gasteiger partial charge in [-0.1, -0.05) is 12.8 Å². The topological polar surface area (TPSA) is 39.7 Å². The average Bonchev–Trinajstić information content (AvgIpc) is 2.85. The summed E-state index contributed by atoms with van der Waals surface area (Å²) in [4.78, 5) is 5.72. The Morgan fingerprint density at radius 3 is 2.52 bits per heavy atom. The van der Waals surface area contributed by atoms with E-state index in [1.807, 2.05) is 6.92 Å². The maximum atomic E-state index is 12.2. The number of guanidine groups is 1. The molecule has 0 unspecified atom stereocenters. The lowest BCUT2D eigenvalue weighted by Gasteiger charge is -2.18. The summed E-state index contributed by atoms with van der Waals surface area (Å²) in [5.74, 6) is 0.780. The Hall–Kier alpha value is -0.980. The molecule has 0 amide bonds. The van der Waals surface area contributed by atoms with Gasteiger partial charge in [0.25, 0.3) is 0 Å². The van der Waals surface area contributed by atoms with Gasteiger partial charge < -0.3 is 10.6 Å². The van der Waals surface area contributed by atoms with Crippen LogP contribution in [0.4, 0.5) is 13.2 Å². The normalized spacial score (nSPS) is 17.5. The average molecular weight is 308 g/mol. The van der Waals surface area contributed by atoms with Gasteiger partial charge in [-0.25, -0.2) is 0 Å². The van der Waals surface area contributed by atoms with E-state index in [2.05, 4.69) is 15.6 Å². The molecule has 7 heteroatoms. The highest BCUT2D eigenvalue weighted by Crippen LogP contribution is 2.17. The molecule has 0 heterocycles. The zero-order valence-electron chi connectivity index (χ0n) is 13.0. The molecule has 2 N–H and O–H groups in total. The van der Waals surface area contributed by atoms with Crippen LogP contribution in [0.2, 0.25) is 0 Å². The fraction of sp³-hybridized carbons (Fsp3) is 0.929. The molecule has 1 rings (SSSR count). The Kier molecular flexibility index (Phi) is 7.85. The highest BCUT2D eigenvalue weighted by Gasteiger charge is 2.28. The zero-order valence-corrected chi connectivity index (χ0v) is 13.0. The Morgan fingerprint density at radius 1 is 1.29 bits per heavy atom.